The van der Waals surface area contributed by atoms with E-state index in [4.69, 9.17) is 9.52 Å². The number of fused-ring (bicyclic) bond motifs is 1. The van der Waals surface area contributed by atoms with Gasteiger partial charge < -0.3 is 14.8 Å². The quantitative estimate of drug-likeness (QED) is 0.789. The molecule has 2 heterocycles. The van der Waals surface area contributed by atoms with Crippen LogP contribution in [0.5, 0.6) is 0 Å². The Balaban J connectivity index is 1.97. The Morgan fingerprint density at radius 3 is 2.94 bits per heavy atom. The molecule has 4 nitrogen and oxygen atoms in total. The Kier molecular flexibility index (Phi) is 2.17. The van der Waals surface area contributed by atoms with Crippen molar-refractivity contribution in [1.29, 1.82) is 0 Å². The highest BCUT2D eigenvalue weighted by Gasteiger charge is 2.40. The van der Waals surface area contributed by atoms with Crippen LogP contribution in [-0.2, 0) is 0 Å². The van der Waals surface area contributed by atoms with Crippen LogP contribution in [0.3, 0.4) is 0 Å². The molecule has 0 aromatic carbocycles. The van der Waals surface area contributed by atoms with E-state index < -0.39 is 5.97 Å². The summed E-state index contributed by atoms with van der Waals surface area (Å²) in [5, 5.41) is 12.3. The first-order valence-electron chi connectivity index (χ1n) is 5.48. The first-order chi connectivity index (χ1) is 7.70. The molecule has 2 aliphatic rings. The number of carboxylic acids is 1. The molecule has 3 rings (SSSR count). The van der Waals surface area contributed by atoms with Gasteiger partial charge in [-0.25, -0.2) is 4.79 Å². The molecule has 1 aliphatic heterocycles. The SMILES string of the molecule is O=C(O)c1occ2c1SC1(CCCC1)CN2. The third kappa shape index (κ3) is 1.42. The Morgan fingerprint density at radius 2 is 2.25 bits per heavy atom. The summed E-state index contributed by atoms with van der Waals surface area (Å²) in [5.74, 6) is -0.899. The molecule has 0 bridgehead atoms. The maximum atomic E-state index is 11.0. The summed E-state index contributed by atoms with van der Waals surface area (Å²) < 4.78 is 5.29. The van der Waals surface area contributed by atoms with E-state index in [0.29, 0.717) is 0 Å². The highest BCUT2D eigenvalue weighted by molar-refractivity contribution is 8.01. The van der Waals surface area contributed by atoms with Gasteiger partial charge in [0, 0.05) is 11.3 Å². The van der Waals surface area contributed by atoms with Crippen LogP contribution in [0.25, 0.3) is 0 Å². The summed E-state index contributed by atoms with van der Waals surface area (Å²) in [6.45, 7) is 0.920. The second-order valence-electron chi connectivity index (χ2n) is 4.46. The van der Waals surface area contributed by atoms with Gasteiger partial charge in [-0.05, 0) is 12.8 Å². The van der Waals surface area contributed by atoms with Crippen LogP contribution in [-0.4, -0.2) is 22.4 Å². The summed E-state index contributed by atoms with van der Waals surface area (Å²) in [4.78, 5) is 11.8. The molecular formula is C11H13NO3S. The molecule has 16 heavy (non-hydrogen) atoms. The van der Waals surface area contributed by atoms with E-state index in [1.807, 2.05) is 0 Å². The Bertz CT molecular complexity index is 434. The van der Waals surface area contributed by atoms with Gasteiger partial charge >= 0.3 is 5.97 Å². The Hall–Kier alpha value is -1.10. The van der Waals surface area contributed by atoms with Crippen LogP contribution in [0.15, 0.2) is 15.6 Å². The first kappa shape index (κ1) is 10.1. The predicted molar refractivity (Wildman–Crippen MR) is 61.2 cm³/mol. The summed E-state index contributed by atoms with van der Waals surface area (Å²) in [5.41, 5.74) is 0.833. The zero-order valence-electron chi connectivity index (χ0n) is 8.78. The summed E-state index contributed by atoms with van der Waals surface area (Å²) in [6, 6.07) is 0. The minimum atomic E-state index is -0.981. The predicted octanol–water partition coefficient (Wildman–Crippen LogP) is 2.81. The van der Waals surface area contributed by atoms with E-state index >= 15 is 0 Å². The van der Waals surface area contributed by atoms with Gasteiger partial charge in [0.15, 0.2) is 0 Å². The van der Waals surface area contributed by atoms with Gasteiger partial charge in [0.2, 0.25) is 5.76 Å². The van der Waals surface area contributed by atoms with Crippen molar-refractivity contribution in [3.05, 3.63) is 12.0 Å². The zero-order chi connectivity index (χ0) is 11.2. The maximum Gasteiger partial charge on any atom is 0.373 e. The van der Waals surface area contributed by atoms with Gasteiger partial charge in [-0.3, -0.25) is 0 Å². The Labute approximate surface area is 97.4 Å². The molecule has 2 N–H and O–H groups in total. The number of rotatable bonds is 1. The van der Waals surface area contributed by atoms with E-state index in [9.17, 15) is 4.79 Å². The number of hydrogen-bond donors (Lipinski definition) is 2. The Morgan fingerprint density at radius 1 is 1.50 bits per heavy atom. The van der Waals surface area contributed by atoms with Crippen molar-refractivity contribution in [3.63, 3.8) is 0 Å². The second kappa shape index (κ2) is 3.45. The van der Waals surface area contributed by atoms with E-state index in [1.54, 1.807) is 11.8 Å². The van der Waals surface area contributed by atoms with Crippen LogP contribution >= 0.6 is 11.8 Å². The minimum Gasteiger partial charge on any atom is -0.475 e. The smallest absolute Gasteiger partial charge is 0.373 e. The number of hydrogen-bond acceptors (Lipinski definition) is 4. The minimum absolute atomic E-state index is 0.0819. The molecule has 1 fully saturated rings. The standard InChI is InChI=1S/C11H13NO3S/c13-10(14)8-9-7(5-15-8)12-6-11(16-9)3-1-2-4-11/h5,12H,1-4,6H2,(H,13,14). The fourth-order valence-electron chi connectivity index (χ4n) is 2.53. The normalized spacial score (nSPS) is 21.8. The lowest BCUT2D eigenvalue weighted by molar-refractivity contribution is 0.0657. The van der Waals surface area contributed by atoms with Gasteiger partial charge in [0.1, 0.15) is 6.26 Å². The van der Waals surface area contributed by atoms with Crippen molar-refractivity contribution < 1.29 is 14.3 Å². The highest BCUT2D eigenvalue weighted by Crippen LogP contribution is 2.51. The lowest BCUT2D eigenvalue weighted by atomic mass is 10.1. The number of furan rings is 1. The monoisotopic (exact) mass is 239 g/mol. The number of anilines is 1. The number of carbonyl (C=O) groups is 1. The molecule has 0 unspecified atom stereocenters. The average molecular weight is 239 g/mol. The topological polar surface area (TPSA) is 62.5 Å². The molecule has 0 amide bonds. The molecule has 1 spiro atoms. The van der Waals surface area contributed by atoms with E-state index in [2.05, 4.69) is 5.32 Å². The maximum absolute atomic E-state index is 11.0. The van der Waals surface area contributed by atoms with Gasteiger partial charge in [-0.2, -0.15) is 0 Å². The van der Waals surface area contributed by atoms with Crippen LogP contribution in [0.1, 0.15) is 36.2 Å². The third-order valence-electron chi connectivity index (χ3n) is 3.37. The molecule has 5 heteroatoms. The van der Waals surface area contributed by atoms with Crippen molar-refractivity contribution in [2.45, 2.75) is 35.3 Å². The second-order valence-corrected chi connectivity index (χ2v) is 5.94. The number of carboxylic acid groups (broad SMARTS) is 1. The number of nitrogens with one attached hydrogen (secondary N) is 1. The number of thioether (sulfide) groups is 1. The van der Waals surface area contributed by atoms with Crippen LogP contribution < -0.4 is 5.32 Å². The molecule has 1 aromatic rings. The fourth-order valence-corrected chi connectivity index (χ4v) is 4.05. The molecule has 0 atom stereocenters. The van der Waals surface area contributed by atoms with Crippen molar-refractivity contribution in [2.24, 2.45) is 0 Å². The highest BCUT2D eigenvalue weighted by atomic mass is 32.2. The molecule has 0 radical (unpaired) electrons. The van der Waals surface area contributed by atoms with Gasteiger partial charge in [-0.15, -0.1) is 11.8 Å². The van der Waals surface area contributed by atoms with Crippen LogP contribution in [0, 0.1) is 0 Å². The fraction of sp³-hybridized carbons (Fsp3) is 0.545. The zero-order valence-corrected chi connectivity index (χ0v) is 9.60. The van der Waals surface area contributed by atoms with Gasteiger partial charge in [-0.1, -0.05) is 12.8 Å². The lowest BCUT2D eigenvalue weighted by Gasteiger charge is -2.33. The molecule has 86 valence electrons. The third-order valence-corrected chi connectivity index (χ3v) is 4.97. The van der Waals surface area contributed by atoms with Gasteiger partial charge in [0.05, 0.1) is 10.6 Å². The average Bonchev–Trinajstić information content (AvgIpc) is 2.85. The van der Waals surface area contributed by atoms with Crippen molar-refractivity contribution in [3.8, 4) is 0 Å². The van der Waals surface area contributed by atoms with Crippen molar-refractivity contribution in [1.82, 2.24) is 0 Å². The molecule has 1 aromatic heterocycles. The molecular weight excluding hydrogens is 226 g/mol. The first-order valence-corrected chi connectivity index (χ1v) is 6.30. The largest absolute Gasteiger partial charge is 0.475 e. The van der Waals surface area contributed by atoms with Crippen molar-refractivity contribution in [2.75, 3.05) is 11.9 Å². The number of aromatic carboxylic acids is 1. The molecule has 1 aliphatic carbocycles. The van der Waals surface area contributed by atoms with E-state index in [1.165, 1.54) is 19.1 Å². The molecule has 0 saturated heterocycles. The van der Waals surface area contributed by atoms with Crippen LogP contribution in [0.4, 0.5) is 5.69 Å². The molecule has 1 saturated carbocycles. The summed E-state index contributed by atoms with van der Waals surface area (Å²) >= 11 is 1.69. The van der Waals surface area contributed by atoms with E-state index in [0.717, 1.165) is 30.0 Å². The lowest BCUT2D eigenvalue weighted by Crippen LogP contribution is -2.33. The summed E-state index contributed by atoms with van der Waals surface area (Å²) in [6.07, 6.45) is 6.31. The van der Waals surface area contributed by atoms with Crippen LogP contribution in [0.2, 0.25) is 0 Å². The van der Waals surface area contributed by atoms with Crippen molar-refractivity contribution >= 4 is 23.4 Å². The summed E-state index contributed by atoms with van der Waals surface area (Å²) in [7, 11) is 0. The van der Waals surface area contributed by atoms with Gasteiger partial charge in [0.25, 0.3) is 0 Å². The van der Waals surface area contributed by atoms with E-state index in [-0.39, 0.29) is 10.5 Å².